The summed E-state index contributed by atoms with van der Waals surface area (Å²) < 4.78 is 16.6. The van der Waals surface area contributed by atoms with E-state index in [1.807, 2.05) is 17.6 Å². The number of nitrogens with zero attached hydrogens (tertiary/aromatic N) is 2. The summed E-state index contributed by atoms with van der Waals surface area (Å²) in [5, 5.41) is -0.212. The van der Waals surface area contributed by atoms with Crippen LogP contribution in [0.4, 0.5) is 4.39 Å². The minimum atomic E-state index is -0.253. The molecule has 0 bridgehead atoms. The van der Waals surface area contributed by atoms with E-state index in [-0.39, 0.29) is 11.2 Å². The zero-order chi connectivity index (χ0) is 15.0. The first kappa shape index (κ1) is 15.0. The third-order valence-electron chi connectivity index (χ3n) is 3.31. The molecule has 6 heteroatoms. The predicted molar refractivity (Wildman–Crippen MR) is 89.7 cm³/mol. The van der Waals surface area contributed by atoms with Crippen LogP contribution in [0.5, 0.6) is 0 Å². The number of benzene rings is 1. The molecular weight excluding hydrogens is 375 g/mol. The molecule has 0 amide bonds. The van der Waals surface area contributed by atoms with E-state index in [0.717, 1.165) is 33.6 Å². The first-order valence-electron chi connectivity index (χ1n) is 6.58. The summed E-state index contributed by atoms with van der Waals surface area (Å²) in [7, 11) is 0. The number of halogens is 3. The van der Waals surface area contributed by atoms with E-state index in [1.165, 1.54) is 17.0 Å². The van der Waals surface area contributed by atoms with Crippen LogP contribution >= 0.6 is 38.9 Å². The number of imidazole rings is 1. The summed E-state index contributed by atoms with van der Waals surface area (Å²) in [5.74, 6) is 0.532. The van der Waals surface area contributed by atoms with Crippen LogP contribution in [0, 0.1) is 5.82 Å². The van der Waals surface area contributed by atoms with Crippen molar-refractivity contribution in [2.45, 2.75) is 25.3 Å². The van der Waals surface area contributed by atoms with Gasteiger partial charge in [-0.1, -0.05) is 0 Å². The predicted octanol–water partition coefficient (Wildman–Crippen LogP) is 5.54. The fraction of sp³-hybridized carbons (Fsp3) is 0.267. The molecular formula is C15H13BrClFN2S. The Balaban J connectivity index is 1.98. The molecule has 2 heterocycles. The summed E-state index contributed by atoms with van der Waals surface area (Å²) in [5.41, 5.74) is 1.58. The van der Waals surface area contributed by atoms with Crippen LogP contribution in [-0.2, 0) is 13.0 Å². The molecule has 0 radical (unpaired) electrons. The third kappa shape index (κ3) is 3.15. The minimum absolute atomic E-state index is 0.212. The van der Waals surface area contributed by atoms with Gasteiger partial charge in [-0.3, -0.25) is 0 Å². The standard InChI is InChI=1S/C15H13BrClFN2S/c1-9(17)15-19-12-4-2-10(18)8-13(12)20(15)7-6-11-3-5-14(16)21-11/h2-5,8-9H,6-7H2,1H3. The SMILES string of the molecule is CC(Cl)c1nc2ccc(F)cc2n1CCc1ccc(Br)s1. The average molecular weight is 388 g/mol. The highest BCUT2D eigenvalue weighted by atomic mass is 79.9. The highest BCUT2D eigenvalue weighted by Crippen LogP contribution is 2.27. The summed E-state index contributed by atoms with van der Waals surface area (Å²) >= 11 is 11.4. The second-order valence-corrected chi connectivity index (χ2v) is 8.03. The zero-order valence-corrected chi connectivity index (χ0v) is 14.5. The van der Waals surface area contributed by atoms with Crippen LogP contribution in [0.25, 0.3) is 11.0 Å². The molecule has 21 heavy (non-hydrogen) atoms. The van der Waals surface area contributed by atoms with Gasteiger partial charge in [0.15, 0.2) is 0 Å². The third-order valence-corrected chi connectivity index (χ3v) is 5.18. The van der Waals surface area contributed by atoms with E-state index in [1.54, 1.807) is 17.4 Å². The number of thiophene rings is 1. The molecule has 2 nitrogen and oxygen atoms in total. The second-order valence-electron chi connectivity index (χ2n) is 4.83. The Morgan fingerprint density at radius 2 is 2.19 bits per heavy atom. The van der Waals surface area contributed by atoms with E-state index in [9.17, 15) is 4.39 Å². The van der Waals surface area contributed by atoms with Crippen molar-refractivity contribution in [1.29, 1.82) is 0 Å². The Hall–Kier alpha value is -0.910. The molecule has 0 saturated carbocycles. The Kier molecular flexibility index (Phi) is 4.33. The lowest BCUT2D eigenvalue weighted by Gasteiger charge is -2.09. The lowest BCUT2D eigenvalue weighted by atomic mass is 10.3. The molecule has 3 aromatic rings. The highest BCUT2D eigenvalue weighted by Gasteiger charge is 2.15. The maximum atomic E-state index is 13.5. The Morgan fingerprint density at radius 1 is 1.38 bits per heavy atom. The number of fused-ring (bicyclic) bond motifs is 1. The van der Waals surface area contributed by atoms with Gasteiger partial charge < -0.3 is 4.57 Å². The van der Waals surface area contributed by atoms with Gasteiger partial charge in [-0.2, -0.15) is 0 Å². The van der Waals surface area contributed by atoms with Gasteiger partial charge in [-0.05, 0) is 59.6 Å². The van der Waals surface area contributed by atoms with Crippen LogP contribution in [-0.4, -0.2) is 9.55 Å². The molecule has 0 spiro atoms. The first-order chi connectivity index (χ1) is 10.0. The van der Waals surface area contributed by atoms with Crippen LogP contribution in [0.1, 0.15) is 23.0 Å². The normalized spacial score (nSPS) is 13.0. The van der Waals surface area contributed by atoms with Crippen molar-refractivity contribution in [3.05, 3.63) is 50.6 Å². The monoisotopic (exact) mass is 386 g/mol. The number of hydrogen-bond acceptors (Lipinski definition) is 2. The zero-order valence-electron chi connectivity index (χ0n) is 11.3. The number of rotatable bonds is 4. The summed E-state index contributed by atoms with van der Waals surface area (Å²) in [4.78, 5) is 5.80. The molecule has 0 N–H and O–H groups in total. The van der Waals surface area contributed by atoms with Gasteiger partial charge in [0.1, 0.15) is 11.6 Å². The molecule has 0 aliphatic heterocycles. The van der Waals surface area contributed by atoms with Gasteiger partial charge in [0.2, 0.25) is 0 Å². The fourth-order valence-corrected chi connectivity index (χ4v) is 4.00. The fourth-order valence-electron chi connectivity index (χ4n) is 2.36. The molecule has 110 valence electrons. The van der Waals surface area contributed by atoms with Crippen molar-refractivity contribution in [3.63, 3.8) is 0 Å². The molecule has 0 saturated heterocycles. The van der Waals surface area contributed by atoms with E-state index in [4.69, 9.17) is 11.6 Å². The van der Waals surface area contributed by atoms with Crippen LogP contribution in [0.3, 0.4) is 0 Å². The smallest absolute Gasteiger partial charge is 0.127 e. The molecule has 1 atom stereocenters. The van der Waals surface area contributed by atoms with E-state index < -0.39 is 0 Å². The van der Waals surface area contributed by atoms with Crippen molar-refractivity contribution in [3.8, 4) is 0 Å². The summed E-state index contributed by atoms with van der Waals surface area (Å²) in [6, 6.07) is 8.79. The lowest BCUT2D eigenvalue weighted by molar-refractivity contribution is 0.626. The first-order valence-corrected chi connectivity index (χ1v) is 8.63. The van der Waals surface area contributed by atoms with Crippen molar-refractivity contribution in [2.75, 3.05) is 0 Å². The quantitative estimate of drug-likeness (QED) is 0.537. The molecule has 0 fully saturated rings. The summed E-state index contributed by atoms with van der Waals surface area (Å²) in [6.45, 7) is 2.62. The highest BCUT2D eigenvalue weighted by molar-refractivity contribution is 9.11. The van der Waals surface area contributed by atoms with Crippen LogP contribution in [0.15, 0.2) is 34.1 Å². The van der Waals surface area contributed by atoms with Crippen molar-refractivity contribution >= 4 is 49.9 Å². The average Bonchev–Trinajstić information content (AvgIpc) is 3.00. The molecule has 1 aromatic carbocycles. The van der Waals surface area contributed by atoms with Crippen molar-refractivity contribution in [1.82, 2.24) is 9.55 Å². The lowest BCUT2D eigenvalue weighted by Crippen LogP contribution is -2.06. The van der Waals surface area contributed by atoms with E-state index in [2.05, 4.69) is 27.0 Å². The largest absolute Gasteiger partial charge is 0.326 e. The van der Waals surface area contributed by atoms with Gasteiger partial charge in [0.05, 0.1) is 20.2 Å². The number of alkyl halides is 1. The summed E-state index contributed by atoms with van der Waals surface area (Å²) in [6.07, 6.45) is 0.870. The van der Waals surface area contributed by atoms with Gasteiger partial charge in [0, 0.05) is 11.4 Å². The Labute approximate surface area is 139 Å². The number of aromatic nitrogens is 2. The Bertz CT molecular complexity index is 781. The minimum Gasteiger partial charge on any atom is -0.326 e. The van der Waals surface area contributed by atoms with E-state index in [0.29, 0.717) is 0 Å². The number of hydrogen-bond donors (Lipinski definition) is 0. The van der Waals surface area contributed by atoms with Gasteiger partial charge >= 0.3 is 0 Å². The molecule has 1 unspecified atom stereocenters. The van der Waals surface area contributed by atoms with Gasteiger partial charge in [-0.25, -0.2) is 9.37 Å². The van der Waals surface area contributed by atoms with Crippen LogP contribution in [0.2, 0.25) is 0 Å². The van der Waals surface area contributed by atoms with Crippen LogP contribution < -0.4 is 0 Å². The van der Waals surface area contributed by atoms with E-state index >= 15 is 0 Å². The van der Waals surface area contributed by atoms with Crippen molar-refractivity contribution < 1.29 is 4.39 Å². The number of aryl methyl sites for hydroxylation is 2. The maximum Gasteiger partial charge on any atom is 0.127 e. The molecule has 0 aliphatic rings. The van der Waals surface area contributed by atoms with Gasteiger partial charge in [-0.15, -0.1) is 22.9 Å². The molecule has 3 rings (SSSR count). The topological polar surface area (TPSA) is 17.8 Å². The molecule has 2 aromatic heterocycles. The second kappa shape index (κ2) is 6.07. The maximum absolute atomic E-state index is 13.5. The molecule has 0 aliphatic carbocycles. The van der Waals surface area contributed by atoms with Crippen molar-refractivity contribution in [2.24, 2.45) is 0 Å². The Morgan fingerprint density at radius 3 is 2.86 bits per heavy atom. The van der Waals surface area contributed by atoms with Gasteiger partial charge in [0.25, 0.3) is 0 Å².